The number of amides is 1. The zero-order valence-corrected chi connectivity index (χ0v) is 27.1. The highest BCUT2D eigenvalue weighted by molar-refractivity contribution is 7.18. The van der Waals surface area contributed by atoms with Gasteiger partial charge in [0.25, 0.3) is 0 Å². The molecule has 9 nitrogen and oxygen atoms in total. The molecule has 1 unspecified atom stereocenters. The van der Waals surface area contributed by atoms with E-state index in [1.807, 2.05) is 35.7 Å². The fourth-order valence-electron chi connectivity index (χ4n) is 5.71. The maximum Gasteiger partial charge on any atom is 0.243 e. The van der Waals surface area contributed by atoms with Gasteiger partial charge in [0.15, 0.2) is 0 Å². The van der Waals surface area contributed by atoms with Crippen molar-refractivity contribution in [2.24, 2.45) is 5.92 Å². The minimum Gasteiger partial charge on any atom is -0.493 e. The van der Waals surface area contributed by atoms with Crippen LogP contribution in [0.2, 0.25) is 0 Å². The molecular formula is C35H35F2N5O4S. The summed E-state index contributed by atoms with van der Waals surface area (Å²) >= 11 is 1.41. The van der Waals surface area contributed by atoms with Crippen LogP contribution in [-0.2, 0) is 9.53 Å². The molecule has 0 saturated carbocycles. The van der Waals surface area contributed by atoms with Crippen molar-refractivity contribution in [2.75, 3.05) is 47.1 Å². The summed E-state index contributed by atoms with van der Waals surface area (Å²) in [5.74, 6) is -0.694. The summed E-state index contributed by atoms with van der Waals surface area (Å²) in [4.78, 5) is 19.4. The van der Waals surface area contributed by atoms with Crippen molar-refractivity contribution in [3.63, 3.8) is 0 Å². The van der Waals surface area contributed by atoms with E-state index < -0.39 is 17.7 Å². The zero-order chi connectivity index (χ0) is 33.1. The Morgan fingerprint density at radius 1 is 1.15 bits per heavy atom. The van der Waals surface area contributed by atoms with Gasteiger partial charge in [0.05, 0.1) is 36.2 Å². The number of aromatic nitrogens is 3. The van der Waals surface area contributed by atoms with E-state index in [0.717, 1.165) is 41.9 Å². The third-order valence-corrected chi connectivity index (χ3v) is 8.94. The number of rotatable bonds is 13. The molecule has 1 aliphatic rings. The summed E-state index contributed by atoms with van der Waals surface area (Å²) in [5, 5.41) is 13.0. The van der Waals surface area contributed by atoms with Gasteiger partial charge < -0.3 is 24.4 Å². The highest BCUT2D eigenvalue weighted by Crippen LogP contribution is 2.47. The fraction of sp³-hybridized carbons (Fsp3) is 0.286. The molecule has 3 aromatic heterocycles. The lowest BCUT2D eigenvalue weighted by Crippen LogP contribution is -2.46. The van der Waals surface area contributed by atoms with Gasteiger partial charge in [-0.15, -0.1) is 11.3 Å². The van der Waals surface area contributed by atoms with Crippen LogP contribution in [0.5, 0.6) is 11.5 Å². The third kappa shape index (κ3) is 6.90. The van der Waals surface area contributed by atoms with Gasteiger partial charge in [-0.1, -0.05) is 18.7 Å². The summed E-state index contributed by atoms with van der Waals surface area (Å²) < 4.78 is 48.4. The number of halogens is 2. The normalized spacial score (nSPS) is 14.1. The Morgan fingerprint density at radius 3 is 2.74 bits per heavy atom. The first-order chi connectivity index (χ1) is 22.7. The van der Waals surface area contributed by atoms with E-state index in [-0.39, 0.29) is 30.4 Å². The minimum atomic E-state index is -0.803. The van der Waals surface area contributed by atoms with Crippen molar-refractivity contribution in [3.8, 4) is 45.3 Å². The van der Waals surface area contributed by atoms with Crippen molar-refractivity contribution in [3.05, 3.63) is 83.9 Å². The van der Waals surface area contributed by atoms with E-state index in [1.165, 1.54) is 24.5 Å². The maximum atomic E-state index is 16.0. The van der Waals surface area contributed by atoms with Gasteiger partial charge in [-0.3, -0.25) is 9.89 Å². The number of hydrogen-bond acceptors (Lipinski definition) is 8. The smallest absolute Gasteiger partial charge is 0.243 e. The van der Waals surface area contributed by atoms with E-state index in [9.17, 15) is 9.18 Å². The summed E-state index contributed by atoms with van der Waals surface area (Å²) in [7, 11) is 3.61. The number of aromatic amines is 1. The lowest BCUT2D eigenvalue weighted by Gasteiger charge is -2.35. The van der Waals surface area contributed by atoms with E-state index in [4.69, 9.17) is 19.2 Å². The van der Waals surface area contributed by atoms with Crippen LogP contribution in [0.15, 0.2) is 66.6 Å². The number of likely N-dealkylation sites (tertiary alicyclic amines) is 1. The molecule has 0 radical (unpaired) electrons. The molecule has 4 heterocycles. The van der Waals surface area contributed by atoms with Crippen LogP contribution < -0.4 is 14.8 Å². The van der Waals surface area contributed by atoms with Crippen LogP contribution in [0, 0.1) is 17.6 Å². The number of benzene rings is 2. The molecule has 1 atom stereocenters. The SMILES string of the molecule is C=CC(=O)NC(C)c1cc(-c2nc(-c3cccc(OCC4CN(C)C4)c3)c3ccsc3c2-c2c(F)cc(F)cc2OCCOC)n[nH]1. The molecule has 2 N–H and O–H groups in total. The Morgan fingerprint density at radius 2 is 1.98 bits per heavy atom. The Hall–Kier alpha value is -4.65. The fourth-order valence-corrected chi connectivity index (χ4v) is 6.66. The summed E-state index contributed by atoms with van der Waals surface area (Å²) in [6.45, 7) is 8.24. The number of nitrogens with zero attached hydrogens (tertiary/aromatic N) is 3. The van der Waals surface area contributed by atoms with Crippen molar-refractivity contribution in [1.29, 1.82) is 0 Å². The number of H-pyrrole nitrogens is 1. The second-order valence-corrected chi connectivity index (χ2v) is 12.4. The molecule has 0 aliphatic carbocycles. The molecule has 1 aliphatic heterocycles. The summed E-state index contributed by atoms with van der Waals surface area (Å²) in [6.07, 6.45) is 1.19. The van der Waals surface area contributed by atoms with E-state index in [0.29, 0.717) is 45.6 Å². The first-order valence-electron chi connectivity index (χ1n) is 15.2. The molecule has 1 saturated heterocycles. The monoisotopic (exact) mass is 659 g/mol. The van der Waals surface area contributed by atoms with Gasteiger partial charge >= 0.3 is 0 Å². The number of carbonyl (C=O) groups excluding carboxylic acids is 1. The zero-order valence-electron chi connectivity index (χ0n) is 26.3. The Labute approximate surface area is 275 Å². The topological polar surface area (TPSA) is 102 Å². The first kappa shape index (κ1) is 32.3. The second kappa shape index (κ2) is 14.0. The van der Waals surface area contributed by atoms with Gasteiger partial charge in [0.1, 0.15) is 41.1 Å². The first-order valence-corrected chi connectivity index (χ1v) is 16.1. The quantitative estimate of drug-likeness (QED) is 0.108. The second-order valence-electron chi connectivity index (χ2n) is 11.5. The van der Waals surface area contributed by atoms with Gasteiger partial charge in [-0.2, -0.15) is 5.10 Å². The number of fused-ring (bicyclic) bond motifs is 1. The number of pyridine rings is 1. The number of methoxy groups -OCH3 is 1. The molecular weight excluding hydrogens is 624 g/mol. The number of thiophene rings is 1. The molecule has 0 bridgehead atoms. The average molecular weight is 660 g/mol. The Balaban J connectivity index is 1.51. The molecule has 6 rings (SSSR count). The van der Waals surface area contributed by atoms with Gasteiger partial charge in [-0.05, 0) is 49.7 Å². The molecule has 47 heavy (non-hydrogen) atoms. The highest BCUT2D eigenvalue weighted by Gasteiger charge is 2.27. The Bertz CT molecular complexity index is 1920. The van der Waals surface area contributed by atoms with Crippen LogP contribution in [0.25, 0.3) is 43.9 Å². The lowest BCUT2D eigenvalue weighted by molar-refractivity contribution is -0.117. The minimum absolute atomic E-state index is 0.0180. The molecule has 5 aromatic rings. The molecule has 244 valence electrons. The van der Waals surface area contributed by atoms with E-state index in [2.05, 4.69) is 34.0 Å². The van der Waals surface area contributed by atoms with Crippen LogP contribution in [0.1, 0.15) is 18.7 Å². The molecule has 1 amide bonds. The van der Waals surface area contributed by atoms with Crippen LogP contribution in [0.4, 0.5) is 8.78 Å². The third-order valence-electron chi connectivity index (χ3n) is 8.01. The van der Waals surface area contributed by atoms with Gasteiger partial charge in [0, 0.05) is 59.5 Å². The molecule has 0 spiro atoms. The van der Waals surface area contributed by atoms with Gasteiger partial charge in [0.2, 0.25) is 5.91 Å². The van der Waals surface area contributed by atoms with E-state index >= 15 is 4.39 Å². The number of carbonyl (C=O) groups is 1. The van der Waals surface area contributed by atoms with Crippen LogP contribution in [0.3, 0.4) is 0 Å². The predicted octanol–water partition coefficient (Wildman–Crippen LogP) is 6.63. The maximum absolute atomic E-state index is 16.0. The summed E-state index contributed by atoms with van der Waals surface area (Å²) in [6, 6.07) is 13.0. The standard InChI is InChI=1S/C35H35F2N5O4S/c1-5-30(43)38-20(2)27-16-28(41-40-27)34-32(31-26(37)14-23(36)15-29(31)45-11-10-44-4)35-25(9-12-47-35)33(39-34)22-7-6-8-24(13-22)46-19-21-17-42(3)18-21/h5-9,12-16,20-21H,1,10-11,17-19H2,2-4H3,(H,38,43)(H,40,41). The predicted molar refractivity (Wildman–Crippen MR) is 179 cm³/mol. The number of hydrogen-bond donors (Lipinski definition) is 2. The van der Waals surface area contributed by atoms with E-state index in [1.54, 1.807) is 13.0 Å². The van der Waals surface area contributed by atoms with Gasteiger partial charge in [-0.25, -0.2) is 13.8 Å². The average Bonchev–Trinajstić information content (AvgIpc) is 3.73. The van der Waals surface area contributed by atoms with Crippen molar-refractivity contribution in [2.45, 2.75) is 13.0 Å². The van der Waals surface area contributed by atoms with Crippen LogP contribution >= 0.6 is 11.3 Å². The summed E-state index contributed by atoms with van der Waals surface area (Å²) in [5.41, 5.74) is 3.28. The van der Waals surface area contributed by atoms with Crippen LogP contribution in [-0.4, -0.2) is 73.1 Å². The number of nitrogens with one attached hydrogen (secondary N) is 2. The number of ether oxygens (including phenoxy) is 3. The molecule has 12 heteroatoms. The Kier molecular flexibility index (Phi) is 9.62. The largest absolute Gasteiger partial charge is 0.493 e. The molecule has 2 aromatic carbocycles. The van der Waals surface area contributed by atoms with Crippen molar-refractivity contribution < 1.29 is 27.8 Å². The van der Waals surface area contributed by atoms with Crippen molar-refractivity contribution >= 4 is 27.3 Å². The lowest BCUT2D eigenvalue weighted by atomic mass is 9.96. The highest BCUT2D eigenvalue weighted by atomic mass is 32.1. The molecule has 1 fully saturated rings. The van der Waals surface area contributed by atoms with Crippen molar-refractivity contribution in [1.82, 2.24) is 25.4 Å².